The largest absolute Gasteiger partial charge is 0.506 e. The number of hydrogen-bond donors (Lipinski definition) is 2. The maximum Gasteiger partial charge on any atom is 0.267 e. The van der Waals surface area contributed by atoms with Crippen LogP contribution in [0.15, 0.2) is 27.5 Å². The third-order valence-electron chi connectivity index (χ3n) is 4.78. The van der Waals surface area contributed by atoms with Gasteiger partial charge in [-0.1, -0.05) is 17.3 Å². The molecule has 3 aromatic rings. The Kier molecular flexibility index (Phi) is 3.38. The molecule has 0 bridgehead atoms. The van der Waals surface area contributed by atoms with Crippen LogP contribution in [-0.4, -0.2) is 20.7 Å². The number of benzene rings is 1. The van der Waals surface area contributed by atoms with E-state index in [1.54, 1.807) is 24.5 Å². The summed E-state index contributed by atoms with van der Waals surface area (Å²) in [7, 11) is 0. The molecule has 1 aromatic carbocycles. The van der Waals surface area contributed by atoms with Crippen molar-refractivity contribution < 1.29 is 14.4 Å². The number of aromatic hydroxyl groups is 1. The van der Waals surface area contributed by atoms with Crippen LogP contribution in [0.5, 0.6) is 5.75 Å². The highest BCUT2D eigenvalue weighted by atomic mass is 16.5. The minimum Gasteiger partial charge on any atom is -0.506 e. The summed E-state index contributed by atoms with van der Waals surface area (Å²) >= 11 is 0. The van der Waals surface area contributed by atoms with Crippen molar-refractivity contribution in [3.8, 4) is 5.75 Å². The molecule has 1 aliphatic heterocycles. The van der Waals surface area contributed by atoms with Crippen molar-refractivity contribution in [2.24, 2.45) is 0 Å². The molecule has 0 radical (unpaired) electrons. The van der Waals surface area contributed by atoms with Crippen molar-refractivity contribution >= 4 is 22.7 Å². The van der Waals surface area contributed by atoms with E-state index in [9.17, 15) is 14.7 Å². The number of pyridine rings is 1. The van der Waals surface area contributed by atoms with E-state index in [4.69, 9.17) is 4.52 Å². The third-order valence-corrected chi connectivity index (χ3v) is 4.78. The highest BCUT2D eigenvalue weighted by molar-refractivity contribution is 6.09. The second kappa shape index (κ2) is 5.47. The predicted molar refractivity (Wildman–Crippen MR) is 92.1 cm³/mol. The van der Waals surface area contributed by atoms with E-state index in [0.29, 0.717) is 28.7 Å². The van der Waals surface area contributed by atoms with Gasteiger partial charge in [0, 0.05) is 17.5 Å². The van der Waals surface area contributed by atoms with Crippen molar-refractivity contribution in [3.05, 3.63) is 50.9 Å². The lowest BCUT2D eigenvalue weighted by molar-refractivity contribution is 0.101. The Morgan fingerprint density at radius 3 is 2.88 bits per heavy atom. The average Bonchev–Trinajstić information content (AvgIpc) is 2.91. The molecule has 0 atom stereocenters. The summed E-state index contributed by atoms with van der Waals surface area (Å²) in [5.41, 5.74) is 2.26. The monoisotopic (exact) mass is 339 g/mol. The highest BCUT2D eigenvalue weighted by Gasteiger charge is 2.26. The molecule has 1 amide bonds. The molecule has 0 saturated heterocycles. The summed E-state index contributed by atoms with van der Waals surface area (Å²) in [5.74, 6) is -0.830. The topological polar surface area (TPSA) is 97.4 Å². The Balaban J connectivity index is 1.89. The summed E-state index contributed by atoms with van der Waals surface area (Å²) in [6.45, 7) is 4.03. The fourth-order valence-corrected chi connectivity index (χ4v) is 3.32. The van der Waals surface area contributed by atoms with Gasteiger partial charge in [-0.15, -0.1) is 0 Å². The van der Waals surface area contributed by atoms with E-state index >= 15 is 0 Å². The molecular formula is C18H17N3O4. The molecular weight excluding hydrogens is 322 g/mol. The molecule has 2 N–H and O–H groups in total. The van der Waals surface area contributed by atoms with Crippen LogP contribution in [0.25, 0.3) is 10.9 Å². The molecule has 4 rings (SSSR count). The maximum atomic E-state index is 12.8. The van der Waals surface area contributed by atoms with Gasteiger partial charge in [0.2, 0.25) is 5.88 Å². The molecule has 0 aliphatic carbocycles. The van der Waals surface area contributed by atoms with Gasteiger partial charge in [-0.3, -0.25) is 14.9 Å². The predicted octanol–water partition coefficient (Wildman–Crippen LogP) is 2.51. The zero-order valence-electron chi connectivity index (χ0n) is 13.9. The second-order valence-corrected chi connectivity index (χ2v) is 6.27. The molecule has 0 fully saturated rings. The highest BCUT2D eigenvalue weighted by Crippen LogP contribution is 2.32. The lowest BCUT2D eigenvalue weighted by Crippen LogP contribution is -2.31. The number of nitrogens with one attached hydrogen (secondary N) is 1. The van der Waals surface area contributed by atoms with Crippen LogP contribution in [0.1, 0.15) is 33.6 Å². The molecule has 0 unspecified atom stereocenters. The van der Waals surface area contributed by atoms with Crippen molar-refractivity contribution in [1.82, 2.24) is 9.72 Å². The number of carbonyl (C=O) groups is 1. The van der Waals surface area contributed by atoms with Crippen LogP contribution >= 0.6 is 0 Å². The number of carbonyl (C=O) groups excluding carboxylic acids is 1. The van der Waals surface area contributed by atoms with Gasteiger partial charge in [0.1, 0.15) is 11.3 Å². The quantitative estimate of drug-likeness (QED) is 0.748. The first-order chi connectivity index (χ1) is 12.0. The van der Waals surface area contributed by atoms with Gasteiger partial charge in [-0.25, -0.2) is 0 Å². The SMILES string of the molecule is Cc1noc(NC(=O)c2c(O)c3cccc4c3n(c2=O)CCC4)c1C. The molecule has 3 heterocycles. The van der Waals surface area contributed by atoms with Crippen LogP contribution in [0.3, 0.4) is 0 Å². The van der Waals surface area contributed by atoms with Gasteiger partial charge in [0.05, 0.1) is 11.2 Å². The van der Waals surface area contributed by atoms with E-state index in [-0.39, 0.29) is 17.2 Å². The van der Waals surface area contributed by atoms with Gasteiger partial charge < -0.3 is 14.2 Å². The molecule has 0 spiro atoms. The fraction of sp³-hybridized carbons (Fsp3) is 0.278. The standard InChI is InChI=1S/C18H17N3O4/c1-9-10(2)20-25-17(9)19-16(23)13-15(22)12-7-3-5-11-6-4-8-21(14(11)12)18(13)24/h3,5,7,22H,4,6,8H2,1-2H3,(H,19,23). The number of anilines is 1. The first-order valence-electron chi connectivity index (χ1n) is 8.10. The summed E-state index contributed by atoms with van der Waals surface area (Å²) < 4.78 is 6.64. The van der Waals surface area contributed by atoms with Gasteiger partial charge in [0.15, 0.2) is 0 Å². The van der Waals surface area contributed by atoms with Crippen molar-refractivity contribution in [3.63, 3.8) is 0 Å². The summed E-state index contributed by atoms with van der Waals surface area (Å²) in [6, 6.07) is 5.48. The summed E-state index contributed by atoms with van der Waals surface area (Å²) in [6.07, 6.45) is 1.66. The second-order valence-electron chi connectivity index (χ2n) is 6.27. The van der Waals surface area contributed by atoms with E-state index in [1.165, 1.54) is 0 Å². The molecule has 7 heteroatoms. The number of hydrogen-bond acceptors (Lipinski definition) is 5. The molecule has 128 valence electrons. The van der Waals surface area contributed by atoms with Gasteiger partial charge in [-0.05, 0) is 38.3 Å². The zero-order valence-corrected chi connectivity index (χ0v) is 13.9. The van der Waals surface area contributed by atoms with Crippen LogP contribution in [0.4, 0.5) is 5.88 Å². The van der Waals surface area contributed by atoms with E-state index in [1.807, 2.05) is 12.1 Å². The van der Waals surface area contributed by atoms with Crippen LogP contribution < -0.4 is 10.9 Å². The fourth-order valence-electron chi connectivity index (χ4n) is 3.32. The Labute approximate surface area is 142 Å². The number of aryl methyl sites for hydroxylation is 3. The van der Waals surface area contributed by atoms with Crippen molar-refractivity contribution in [1.29, 1.82) is 0 Å². The lowest BCUT2D eigenvalue weighted by Gasteiger charge is -2.21. The minimum atomic E-state index is -0.705. The maximum absolute atomic E-state index is 12.8. The number of para-hydroxylation sites is 1. The van der Waals surface area contributed by atoms with Gasteiger partial charge >= 0.3 is 0 Å². The summed E-state index contributed by atoms with van der Waals surface area (Å²) in [4.78, 5) is 25.5. The number of rotatable bonds is 2. The smallest absolute Gasteiger partial charge is 0.267 e. The van der Waals surface area contributed by atoms with Crippen LogP contribution in [0.2, 0.25) is 0 Å². The average molecular weight is 339 g/mol. The number of amides is 1. The van der Waals surface area contributed by atoms with E-state index in [0.717, 1.165) is 18.4 Å². The van der Waals surface area contributed by atoms with Crippen molar-refractivity contribution in [2.75, 3.05) is 5.32 Å². The van der Waals surface area contributed by atoms with Crippen LogP contribution in [-0.2, 0) is 13.0 Å². The lowest BCUT2D eigenvalue weighted by atomic mass is 9.99. The molecule has 7 nitrogen and oxygen atoms in total. The molecule has 1 aliphatic rings. The summed E-state index contributed by atoms with van der Waals surface area (Å²) in [5, 5.41) is 17.4. The Bertz CT molecular complexity index is 1080. The molecule has 0 saturated carbocycles. The Hall–Kier alpha value is -3.09. The van der Waals surface area contributed by atoms with Crippen molar-refractivity contribution in [2.45, 2.75) is 33.2 Å². The van der Waals surface area contributed by atoms with E-state index in [2.05, 4.69) is 10.5 Å². The number of aromatic nitrogens is 2. The first kappa shape index (κ1) is 15.4. The Morgan fingerprint density at radius 2 is 2.16 bits per heavy atom. The molecule has 2 aromatic heterocycles. The van der Waals surface area contributed by atoms with E-state index < -0.39 is 11.5 Å². The number of nitrogens with zero attached hydrogens (tertiary/aromatic N) is 2. The third kappa shape index (κ3) is 2.23. The van der Waals surface area contributed by atoms with Gasteiger partial charge in [0.25, 0.3) is 11.5 Å². The normalized spacial score (nSPS) is 13.2. The minimum absolute atomic E-state index is 0.175. The molecule has 25 heavy (non-hydrogen) atoms. The van der Waals surface area contributed by atoms with Gasteiger partial charge in [-0.2, -0.15) is 0 Å². The zero-order chi connectivity index (χ0) is 17.7. The van der Waals surface area contributed by atoms with Crippen LogP contribution in [0, 0.1) is 13.8 Å². The first-order valence-corrected chi connectivity index (χ1v) is 8.10. The Morgan fingerprint density at radius 1 is 1.36 bits per heavy atom.